The smallest absolute Gasteiger partial charge is 0.127 e. The van der Waals surface area contributed by atoms with Gasteiger partial charge in [-0.3, -0.25) is 0 Å². The number of hydrogen-bond acceptors (Lipinski definition) is 7. The fourth-order valence-electron chi connectivity index (χ4n) is 2.90. The third-order valence-corrected chi connectivity index (χ3v) is 7.59. The molecule has 0 aliphatic rings. The van der Waals surface area contributed by atoms with Gasteiger partial charge in [-0.1, -0.05) is 45.2 Å². The van der Waals surface area contributed by atoms with Crippen LogP contribution in [0, 0.1) is 0 Å². The van der Waals surface area contributed by atoms with Gasteiger partial charge in [-0.2, -0.15) is 0 Å². The molecule has 7 nitrogen and oxygen atoms in total. The van der Waals surface area contributed by atoms with Gasteiger partial charge in [0, 0.05) is 0 Å². The summed E-state index contributed by atoms with van der Waals surface area (Å²) in [4.78, 5) is 19.6. The second-order valence-corrected chi connectivity index (χ2v) is 10.1. The van der Waals surface area contributed by atoms with E-state index >= 15 is 0 Å². The van der Waals surface area contributed by atoms with Crippen molar-refractivity contribution in [3.63, 3.8) is 0 Å². The van der Waals surface area contributed by atoms with Crippen LogP contribution in [0.5, 0.6) is 11.5 Å². The van der Waals surface area contributed by atoms with Gasteiger partial charge >= 0.3 is 0 Å². The van der Waals surface area contributed by atoms with E-state index in [1.54, 1.807) is 24.3 Å². The van der Waals surface area contributed by atoms with E-state index in [-0.39, 0.29) is 6.42 Å². The Morgan fingerprint density at radius 3 is 2.00 bits per heavy atom. The maximum atomic E-state index is 11.0. The first-order valence-electron chi connectivity index (χ1n) is 8.92. The van der Waals surface area contributed by atoms with Crippen LogP contribution in [0.1, 0.15) is 37.3 Å². The van der Waals surface area contributed by atoms with Crippen molar-refractivity contribution >= 4 is 17.7 Å². The Bertz CT molecular complexity index is 937. The molecule has 0 aliphatic heterocycles. The number of ether oxygens (including phenoxy) is 1. The Kier molecular flexibility index (Phi) is 7.80. The molecule has 0 aromatic heterocycles. The predicted molar refractivity (Wildman–Crippen MR) is 101 cm³/mol. The second kappa shape index (κ2) is 9.67. The molecule has 2 aromatic rings. The molecular formula is C19H22O7PS-3. The van der Waals surface area contributed by atoms with Gasteiger partial charge < -0.3 is 23.6 Å². The molecule has 0 saturated carbocycles. The largest absolute Gasteiger partial charge is 0.810 e. The fraction of sp³-hybridized carbons (Fsp3) is 0.368. The first kappa shape index (κ1) is 22.6. The summed E-state index contributed by atoms with van der Waals surface area (Å²) < 4.78 is 49.9. The van der Waals surface area contributed by atoms with Crippen molar-refractivity contribution in [3.05, 3.63) is 59.7 Å². The molecule has 0 bridgehead atoms. The monoisotopic (exact) mass is 425 g/mol. The number of aryl methyl sites for hydroxylation is 2. The molecule has 9 heteroatoms. The van der Waals surface area contributed by atoms with Crippen molar-refractivity contribution < 1.29 is 32.1 Å². The zero-order chi connectivity index (χ0) is 20.8. The molecule has 0 radical (unpaired) electrons. The molecule has 0 N–H and O–H groups in total. The van der Waals surface area contributed by atoms with Gasteiger partial charge in [0.2, 0.25) is 0 Å². The summed E-state index contributed by atoms with van der Waals surface area (Å²) in [6.45, 7) is 2.10. The first-order valence-corrected chi connectivity index (χ1v) is 12.0. The SMILES string of the molecule is CCCc1cccc(Oc2cccc(CCCC(P(=O)([O-])[O-])S(=O)(=O)[O-])c2)c1. The second-order valence-electron chi connectivity index (χ2n) is 6.53. The van der Waals surface area contributed by atoms with Crippen LogP contribution in [0.25, 0.3) is 0 Å². The maximum Gasteiger partial charge on any atom is 0.127 e. The van der Waals surface area contributed by atoms with Crippen LogP contribution in [-0.4, -0.2) is 18.0 Å². The number of rotatable bonds is 10. The highest BCUT2D eigenvalue weighted by Crippen LogP contribution is 2.38. The summed E-state index contributed by atoms with van der Waals surface area (Å²) in [6.07, 6.45) is 1.82. The minimum atomic E-state index is -5.51. The van der Waals surface area contributed by atoms with E-state index < -0.39 is 29.1 Å². The zero-order valence-corrected chi connectivity index (χ0v) is 17.2. The first-order chi connectivity index (χ1) is 13.1. The minimum absolute atomic E-state index is 0.0655. The van der Waals surface area contributed by atoms with Gasteiger partial charge in [-0.15, -0.1) is 0 Å². The fourth-order valence-corrected chi connectivity index (χ4v) is 5.11. The molecule has 0 fully saturated rings. The summed E-state index contributed by atoms with van der Waals surface area (Å²) in [7, 11) is -10.7. The van der Waals surface area contributed by atoms with E-state index in [1.807, 2.05) is 24.3 Å². The Morgan fingerprint density at radius 1 is 1.00 bits per heavy atom. The van der Waals surface area contributed by atoms with Crippen molar-refractivity contribution in [3.8, 4) is 11.5 Å². The highest BCUT2D eigenvalue weighted by Gasteiger charge is 2.20. The van der Waals surface area contributed by atoms with Gasteiger partial charge in [0.15, 0.2) is 0 Å². The lowest BCUT2D eigenvalue weighted by atomic mass is 10.1. The average molecular weight is 425 g/mol. The van der Waals surface area contributed by atoms with Gasteiger partial charge in [0.1, 0.15) is 21.6 Å². The van der Waals surface area contributed by atoms with Gasteiger partial charge in [-0.25, -0.2) is 8.42 Å². The Labute approximate surface area is 165 Å². The van der Waals surface area contributed by atoms with Crippen molar-refractivity contribution in [2.75, 3.05) is 0 Å². The molecule has 0 spiro atoms. The standard InChI is InChI=1S/C19H25O7PS/c1-2-6-15-7-3-10-17(13-15)26-18-11-4-8-16(14-18)9-5-12-19(27(20,21)22)28(23,24)25/h3-4,7-8,10-11,13-14,19H,2,5-6,9,12H2,1H3,(H2,20,21,22)(H,23,24,25)/p-3. The van der Waals surface area contributed by atoms with Crippen LogP contribution < -0.4 is 14.5 Å². The minimum Gasteiger partial charge on any atom is -0.810 e. The lowest BCUT2D eigenvalue weighted by Crippen LogP contribution is -2.32. The summed E-state index contributed by atoms with van der Waals surface area (Å²) >= 11 is 0. The molecule has 1 atom stereocenters. The van der Waals surface area contributed by atoms with Crippen LogP contribution in [0.4, 0.5) is 0 Å². The molecule has 28 heavy (non-hydrogen) atoms. The van der Waals surface area contributed by atoms with Crippen molar-refractivity contribution in [1.29, 1.82) is 0 Å². The third kappa shape index (κ3) is 7.04. The van der Waals surface area contributed by atoms with Crippen LogP contribution in [0.3, 0.4) is 0 Å². The maximum absolute atomic E-state index is 11.0. The van der Waals surface area contributed by atoms with Crippen molar-refractivity contribution in [2.45, 2.75) is 44.0 Å². The normalized spacial score (nSPS) is 13.3. The molecule has 2 aromatic carbocycles. The van der Waals surface area contributed by atoms with E-state index in [2.05, 4.69) is 6.92 Å². The molecule has 154 valence electrons. The number of benzene rings is 2. The summed E-state index contributed by atoms with van der Waals surface area (Å²) in [5, 5.41) is 0. The predicted octanol–water partition coefficient (Wildman–Crippen LogP) is 2.54. The van der Waals surface area contributed by atoms with Crippen LogP contribution in [0.2, 0.25) is 0 Å². The third-order valence-electron chi connectivity index (χ3n) is 4.17. The zero-order valence-electron chi connectivity index (χ0n) is 15.4. The van der Waals surface area contributed by atoms with E-state index in [0.717, 1.165) is 18.4 Å². The lowest BCUT2D eigenvalue weighted by molar-refractivity contribution is -0.314. The summed E-state index contributed by atoms with van der Waals surface area (Å²) in [5.41, 5.74) is 1.94. The highest BCUT2D eigenvalue weighted by molar-refractivity contribution is 7.93. The number of hydrogen-bond donors (Lipinski definition) is 0. The van der Waals surface area contributed by atoms with E-state index in [0.29, 0.717) is 17.9 Å². The molecule has 1 unspecified atom stereocenters. The van der Waals surface area contributed by atoms with Crippen LogP contribution in [-0.2, 0) is 27.5 Å². The van der Waals surface area contributed by atoms with Gasteiger partial charge in [0.05, 0.1) is 4.99 Å². The van der Waals surface area contributed by atoms with E-state index in [4.69, 9.17) is 4.74 Å². The van der Waals surface area contributed by atoms with Crippen LogP contribution in [0.15, 0.2) is 48.5 Å². The van der Waals surface area contributed by atoms with Crippen molar-refractivity contribution in [1.82, 2.24) is 0 Å². The average Bonchev–Trinajstić information content (AvgIpc) is 2.57. The molecule has 0 heterocycles. The highest BCUT2D eigenvalue weighted by atomic mass is 32.2. The Hall–Kier alpha value is -1.70. The summed E-state index contributed by atoms with van der Waals surface area (Å²) in [6, 6.07) is 14.8. The summed E-state index contributed by atoms with van der Waals surface area (Å²) in [5.74, 6) is 1.27. The van der Waals surface area contributed by atoms with E-state index in [9.17, 15) is 27.3 Å². The molecule has 0 aliphatic carbocycles. The van der Waals surface area contributed by atoms with Crippen molar-refractivity contribution in [2.24, 2.45) is 0 Å². The molecule has 0 amide bonds. The Morgan fingerprint density at radius 2 is 1.54 bits per heavy atom. The van der Waals surface area contributed by atoms with Gasteiger partial charge in [0.25, 0.3) is 0 Å². The Balaban J connectivity index is 2.01. The molecule has 2 rings (SSSR count). The topological polar surface area (TPSA) is 130 Å². The molecular weight excluding hydrogens is 403 g/mol. The van der Waals surface area contributed by atoms with Gasteiger partial charge in [-0.05, 0) is 61.1 Å². The van der Waals surface area contributed by atoms with E-state index in [1.165, 1.54) is 5.56 Å². The molecule has 0 saturated heterocycles. The van der Waals surface area contributed by atoms with Crippen LogP contribution >= 0.6 is 7.60 Å². The lowest BCUT2D eigenvalue weighted by Gasteiger charge is -2.39. The quantitative estimate of drug-likeness (QED) is 0.422.